The maximum atomic E-state index is 6.07. The van der Waals surface area contributed by atoms with Crippen LogP contribution >= 0.6 is 22.9 Å². The number of aryl methyl sites for hydroxylation is 2. The van der Waals surface area contributed by atoms with Gasteiger partial charge in [-0.3, -0.25) is 0 Å². The second-order valence-electron chi connectivity index (χ2n) is 4.16. The lowest BCUT2D eigenvalue weighted by molar-refractivity contribution is 0.697. The Morgan fingerprint density at radius 3 is 2.94 bits per heavy atom. The van der Waals surface area contributed by atoms with E-state index in [9.17, 15) is 0 Å². The number of hydrogen-bond acceptors (Lipinski definition) is 5. The lowest BCUT2D eigenvalue weighted by Gasteiger charge is -2.13. The van der Waals surface area contributed by atoms with Crippen molar-refractivity contribution < 1.29 is 0 Å². The first kappa shape index (κ1) is 13.2. The Morgan fingerprint density at radius 2 is 2.28 bits per heavy atom. The molecular formula is C12H15ClN4S. The molecule has 2 aromatic rings. The molecule has 0 amide bonds. The van der Waals surface area contributed by atoms with Crippen molar-refractivity contribution in [2.24, 2.45) is 0 Å². The third kappa shape index (κ3) is 3.65. The van der Waals surface area contributed by atoms with Gasteiger partial charge in [0.2, 0.25) is 5.95 Å². The molecule has 0 aromatic carbocycles. The molecule has 0 spiro atoms. The summed E-state index contributed by atoms with van der Waals surface area (Å²) in [5.74, 6) is 1.35. The van der Waals surface area contributed by atoms with E-state index in [-0.39, 0.29) is 0 Å². The van der Waals surface area contributed by atoms with E-state index in [1.807, 2.05) is 12.3 Å². The molecule has 1 N–H and O–H groups in total. The molecule has 0 aliphatic heterocycles. The summed E-state index contributed by atoms with van der Waals surface area (Å²) in [6.45, 7) is 3.96. The van der Waals surface area contributed by atoms with Crippen LogP contribution in [0.2, 0.25) is 4.34 Å². The fraction of sp³-hybridized carbons (Fsp3) is 0.417. The van der Waals surface area contributed by atoms with Gasteiger partial charge in [0.1, 0.15) is 12.2 Å². The zero-order chi connectivity index (χ0) is 13.0. The summed E-state index contributed by atoms with van der Waals surface area (Å²) in [4.78, 5) is 12.3. The van der Waals surface area contributed by atoms with Gasteiger partial charge in [0.25, 0.3) is 0 Å². The van der Waals surface area contributed by atoms with Crippen molar-refractivity contribution in [2.75, 3.05) is 5.32 Å². The highest BCUT2D eigenvalue weighted by Gasteiger charge is 2.07. The van der Waals surface area contributed by atoms with Gasteiger partial charge in [0, 0.05) is 6.04 Å². The van der Waals surface area contributed by atoms with Crippen LogP contribution in [0.5, 0.6) is 0 Å². The number of nitrogens with zero attached hydrogens (tertiary/aromatic N) is 3. The molecule has 2 rings (SSSR count). The predicted octanol–water partition coefficient (Wildman–Crippen LogP) is 3.33. The van der Waals surface area contributed by atoms with Crippen molar-refractivity contribution in [2.45, 2.75) is 32.7 Å². The van der Waals surface area contributed by atoms with Gasteiger partial charge < -0.3 is 5.32 Å². The minimum absolute atomic E-state index is 0.294. The second-order valence-corrected chi connectivity index (χ2v) is 5.68. The Bertz CT molecular complexity index is 514. The first-order valence-electron chi connectivity index (χ1n) is 5.79. The molecule has 0 saturated carbocycles. The molecule has 0 saturated heterocycles. The number of rotatable bonds is 5. The van der Waals surface area contributed by atoms with Crippen molar-refractivity contribution in [3.63, 3.8) is 0 Å². The van der Waals surface area contributed by atoms with Crippen molar-refractivity contribution in [3.05, 3.63) is 33.5 Å². The van der Waals surface area contributed by atoms with Gasteiger partial charge in [0.15, 0.2) is 0 Å². The largest absolute Gasteiger partial charge is 0.352 e. The Balaban J connectivity index is 1.86. The highest BCUT2D eigenvalue weighted by atomic mass is 35.5. The van der Waals surface area contributed by atoms with Crippen molar-refractivity contribution in [1.82, 2.24) is 15.0 Å². The average Bonchev–Trinajstić information content (AvgIpc) is 2.72. The van der Waals surface area contributed by atoms with Crippen LogP contribution in [0.4, 0.5) is 5.95 Å². The zero-order valence-electron chi connectivity index (χ0n) is 10.4. The molecule has 0 fully saturated rings. The molecule has 0 aliphatic carbocycles. The highest BCUT2D eigenvalue weighted by molar-refractivity contribution is 7.14. The van der Waals surface area contributed by atoms with Gasteiger partial charge in [0.05, 0.1) is 4.34 Å². The van der Waals surface area contributed by atoms with E-state index in [4.69, 9.17) is 11.6 Å². The van der Waals surface area contributed by atoms with E-state index in [1.54, 1.807) is 11.3 Å². The van der Waals surface area contributed by atoms with E-state index in [2.05, 4.69) is 33.3 Å². The quantitative estimate of drug-likeness (QED) is 0.914. The SMILES string of the molecule is Cc1ncnc(NC(C)CCc2ccsc2Cl)n1. The lowest BCUT2D eigenvalue weighted by Crippen LogP contribution is -2.18. The van der Waals surface area contributed by atoms with Crippen molar-refractivity contribution in [1.29, 1.82) is 0 Å². The number of nitrogens with one attached hydrogen (secondary N) is 1. The summed E-state index contributed by atoms with van der Waals surface area (Å²) < 4.78 is 0.887. The molecule has 1 unspecified atom stereocenters. The average molecular weight is 283 g/mol. The van der Waals surface area contributed by atoms with Crippen LogP contribution in [-0.2, 0) is 6.42 Å². The number of thiophene rings is 1. The van der Waals surface area contributed by atoms with Crippen LogP contribution in [0.1, 0.15) is 24.7 Å². The monoisotopic (exact) mass is 282 g/mol. The summed E-state index contributed by atoms with van der Waals surface area (Å²) in [6.07, 6.45) is 3.47. The molecule has 0 bridgehead atoms. The third-order valence-corrected chi connectivity index (χ3v) is 3.86. The molecular weight excluding hydrogens is 268 g/mol. The molecule has 6 heteroatoms. The van der Waals surface area contributed by atoms with Gasteiger partial charge in [-0.05, 0) is 43.7 Å². The van der Waals surface area contributed by atoms with Crippen LogP contribution in [0.3, 0.4) is 0 Å². The fourth-order valence-electron chi connectivity index (χ4n) is 1.61. The summed E-state index contributed by atoms with van der Waals surface area (Å²) in [7, 11) is 0. The molecule has 4 nitrogen and oxygen atoms in total. The molecule has 0 aliphatic rings. The van der Waals surface area contributed by atoms with Crippen molar-refractivity contribution >= 4 is 28.9 Å². The minimum Gasteiger partial charge on any atom is -0.352 e. The molecule has 0 radical (unpaired) electrons. The first-order chi connectivity index (χ1) is 8.65. The number of hydrogen-bond donors (Lipinski definition) is 1. The second kappa shape index (κ2) is 6.11. The molecule has 96 valence electrons. The smallest absolute Gasteiger partial charge is 0.226 e. The minimum atomic E-state index is 0.294. The van der Waals surface area contributed by atoms with Gasteiger partial charge in [-0.25, -0.2) is 9.97 Å². The molecule has 18 heavy (non-hydrogen) atoms. The maximum absolute atomic E-state index is 6.07. The van der Waals surface area contributed by atoms with Gasteiger partial charge in [-0.15, -0.1) is 11.3 Å². The van der Waals surface area contributed by atoms with Crippen LogP contribution in [0.15, 0.2) is 17.8 Å². The fourth-order valence-corrected chi connectivity index (χ4v) is 2.60. The van der Waals surface area contributed by atoms with Crippen molar-refractivity contribution in [3.8, 4) is 0 Å². The molecule has 2 aromatic heterocycles. The van der Waals surface area contributed by atoms with E-state index in [1.165, 1.54) is 11.9 Å². The summed E-state index contributed by atoms with van der Waals surface area (Å²) in [5, 5.41) is 5.28. The van der Waals surface area contributed by atoms with Gasteiger partial charge in [-0.1, -0.05) is 11.6 Å². The standard InChI is InChI=1S/C12H15ClN4S/c1-8(3-4-10-5-6-18-11(10)13)16-12-15-7-14-9(2)17-12/h5-8H,3-4H2,1-2H3,(H,14,15,16,17). The normalized spacial score (nSPS) is 12.4. The lowest BCUT2D eigenvalue weighted by atomic mass is 10.1. The molecule has 1 atom stereocenters. The first-order valence-corrected chi connectivity index (χ1v) is 7.05. The summed E-state index contributed by atoms with van der Waals surface area (Å²) >= 11 is 7.64. The van der Waals surface area contributed by atoms with E-state index < -0.39 is 0 Å². The molecule has 2 heterocycles. The van der Waals surface area contributed by atoms with Crippen LogP contribution in [0, 0.1) is 6.92 Å². The Labute approximate surface area is 115 Å². The Hall–Kier alpha value is -1.20. The zero-order valence-corrected chi connectivity index (χ0v) is 11.9. The van der Waals surface area contributed by atoms with E-state index in [0.29, 0.717) is 12.0 Å². The van der Waals surface area contributed by atoms with Crippen LogP contribution < -0.4 is 5.32 Å². The predicted molar refractivity (Wildman–Crippen MR) is 75.3 cm³/mol. The Morgan fingerprint density at radius 1 is 1.44 bits per heavy atom. The topological polar surface area (TPSA) is 50.7 Å². The van der Waals surface area contributed by atoms with E-state index >= 15 is 0 Å². The van der Waals surface area contributed by atoms with Crippen LogP contribution in [-0.4, -0.2) is 21.0 Å². The third-order valence-electron chi connectivity index (χ3n) is 2.61. The Kier molecular flexibility index (Phi) is 4.49. The number of aromatic nitrogens is 3. The van der Waals surface area contributed by atoms with Crippen LogP contribution in [0.25, 0.3) is 0 Å². The number of halogens is 1. The van der Waals surface area contributed by atoms with Gasteiger partial charge >= 0.3 is 0 Å². The number of anilines is 1. The summed E-state index contributed by atoms with van der Waals surface area (Å²) in [6, 6.07) is 2.37. The van der Waals surface area contributed by atoms with Gasteiger partial charge in [-0.2, -0.15) is 4.98 Å². The van der Waals surface area contributed by atoms with E-state index in [0.717, 1.165) is 23.0 Å². The summed E-state index contributed by atoms with van der Waals surface area (Å²) in [5.41, 5.74) is 1.21. The maximum Gasteiger partial charge on any atom is 0.226 e. The highest BCUT2D eigenvalue weighted by Crippen LogP contribution is 2.24.